The molecule has 0 saturated carbocycles. The van der Waals surface area contributed by atoms with Crippen molar-refractivity contribution in [2.75, 3.05) is 24.6 Å². The molecule has 1 saturated heterocycles. The Kier molecular flexibility index (Phi) is 6.94. The number of hydrogen-bond acceptors (Lipinski definition) is 4. The third-order valence-corrected chi connectivity index (χ3v) is 4.74. The molecule has 1 amide bonds. The van der Waals surface area contributed by atoms with E-state index in [1.807, 2.05) is 20.8 Å². The first kappa shape index (κ1) is 17.7. The summed E-state index contributed by atoms with van der Waals surface area (Å²) in [5, 5.41) is 9.02. The highest BCUT2D eigenvalue weighted by Gasteiger charge is 2.28. The molecule has 1 atom stereocenters. The van der Waals surface area contributed by atoms with Gasteiger partial charge in [-0.1, -0.05) is 0 Å². The topological polar surface area (TPSA) is 99.7 Å². The van der Waals surface area contributed by atoms with E-state index in [-0.39, 0.29) is 35.9 Å². The Bertz CT molecular complexity index is 474. The molecule has 1 aliphatic rings. The van der Waals surface area contributed by atoms with Crippen LogP contribution in [0.5, 0.6) is 0 Å². The first-order chi connectivity index (χ1) is 9.82. The van der Waals surface area contributed by atoms with Crippen LogP contribution in [0.15, 0.2) is 4.99 Å². The van der Waals surface area contributed by atoms with Crippen LogP contribution in [0.2, 0.25) is 0 Å². The Balaban J connectivity index is 2.34. The summed E-state index contributed by atoms with van der Waals surface area (Å²) in [7, 11) is -2.96. The van der Waals surface area contributed by atoms with Gasteiger partial charge in [-0.2, -0.15) is 0 Å². The molecular weight excluding hydrogens is 292 g/mol. The highest BCUT2D eigenvalue weighted by atomic mass is 32.2. The van der Waals surface area contributed by atoms with E-state index in [2.05, 4.69) is 20.9 Å². The molecule has 122 valence electrons. The minimum atomic E-state index is -2.96. The van der Waals surface area contributed by atoms with E-state index in [9.17, 15) is 13.2 Å². The van der Waals surface area contributed by atoms with Crippen LogP contribution >= 0.6 is 0 Å². The summed E-state index contributed by atoms with van der Waals surface area (Å²) in [6, 6.07) is 0.0221. The van der Waals surface area contributed by atoms with Gasteiger partial charge in [-0.3, -0.25) is 9.79 Å². The zero-order chi connectivity index (χ0) is 15.9. The number of rotatable bonds is 6. The van der Waals surface area contributed by atoms with Crippen LogP contribution in [0.4, 0.5) is 0 Å². The Morgan fingerprint density at radius 1 is 1.38 bits per heavy atom. The summed E-state index contributed by atoms with van der Waals surface area (Å²) in [5.41, 5.74) is 0. The van der Waals surface area contributed by atoms with E-state index in [1.165, 1.54) is 0 Å². The predicted octanol–water partition coefficient (Wildman–Crippen LogP) is -0.357. The van der Waals surface area contributed by atoms with E-state index >= 15 is 0 Å². The summed E-state index contributed by atoms with van der Waals surface area (Å²) >= 11 is 0. The van der Waals surface area contributed by atoms with Gasteiger partial charge in [-0.25, -0.2) is 8.42 Å². The average molecular weight is 318 g/mol. The van der Waals surface area contributed by atoms with Crippen LogP contribution in [-0.4, -0.2) is 57.0 Å². The maximum absolute atomic E-state index is 11.8. The normalized spacial score (nSPS) is 21.3. The maximum Gasteiger partial charge on any atom is 0.222 e. The van der Waals surface area contributed by atoms with Crippen molar-refractivity contribution in [1.82, 2.24) is 16.0 Å². The first-order valence-electron chi connectivity index (χ1n) is 7.37. The molecule has 1 unspecified atom stereocenters. The second-order valence-electron chi connectivity index (χ2n) is 5.48. The minimum Gasteiger partial charge on any atom is -0.357 e. The first-order valence-corrected chi connectivity index (χ1v) is 9.19. The number of amides is 1. The SMILES string of the molecule is CCNC(=NCCC(=O)NC1CCS(=O)(=O)C1)NC(C)C. The summed E-state index contributed by atoms with van der Waals surface area (Å²) in [6.07, 6.45) is 0.764. The number of guanidine groups is 1. The fourth-order valence-corrected chi connectivity index (χ4v) is 3.74. The van der Waals surface area contributed by atoms with Crippen molar-refractivity contribution < 1.29 is 13.2 Å². The molecule has 0 bridgehead atoms. The van der Waals surface area contributed by atoms with Crippen molar-refractivity contribution in [3.8, 4) is 0 Å². The van der Waals surface area contributed by atoms with Gasteiger partial charge >= 0.3 is 0 Å². The number of aliphatic imine (C=N–C) groups is 1. The van der Waals surface area contributed by atoms with Crippen molar-refractivity contribution in [1.29, 1.82) is 0 Å². The molecule has 0 aromatic carbocycles. The third-order valence-electron chi connectivity index (χ3n) is 2.98. The van der Waals surface area contributed by atoms with E-state index in [0.717, 1.165) is 6.54 Å². The molecule has 0 aliphatic carbocycles. The molecule has 0 radical (unpaired) electrons. The van der Waals surface area contributed by atoms with Gasteiger partial charge in [0.05, 0.1) is 18.1 Å². The Labute approximate surface area is 126 Å². The molecule has 8 heteroatoms. The molecule has 1 heterocycles. The van der Waals surface area contributed by atoms with Gasteiger partial charge in [-0.05, 0) is 27.2 Å². The van der Waals surface area contributed by atoms with E-state index in [1.54, 1.807) is 0 Å². The standard InChI is InChI=1S/C13H26N4O3S/c1-4-14-13(16-10(2)3)15-7-5-12(18)17-11-6-8-21(19,20)9-11/h10-11H,4-9H2,1-3H3,(H,17,18)(H2,14,15,16). The number of carbonyl (C=O) groups is 1. The van der Waals surface area contributed by atoms with Gasteiger partial charge < -0.3 is 16.0 Å². The van der Waals surface area contributed by atoms with E-state index in [0.29, 0.717) is 18.9 Å². The molecular formula is C13H26N4O3S. The Morgan fingerprint density at radius 3 is 2.62 bits per heavy atom. The molecule has 3 N–H and O–H groups in total. The summed E-state index contributed by atoms with van der Waals surface area (Å²) < 4.78 is 22.6. The van der Waals surface area contributed by atoms with Crippen LogP contribution in [0.1, 0.15) is 33.6 Å². The van der Waals surface area contributed by atoms with Gasteiger partial charge in [0.25, 0.3) is 0 Å². The molecule has 0 aromatic heterocycles. The molecule has 1 rings (SSSR count). The van der Waals surface area contributed by atoms with Crippen LogP contribution in [0.3, 0.4) is 0 Å². The number of nitrogens with zero attached hydrogens (tertiary/aromatic N) is 1. The summed E-state index contributed by atoms with van der Waals surface area (Å²) in [5.74, 6) is 0.753. The Morgan fingerprint density at radius 2 is 2.10 bits per heavy atom. The third kappa shape index (κ3) is 7.31. The number of hydrogen-bond donors (Lipinski definition) is 3. The lowest BCUT2D eigenvalue weighted by Gasteiger charge is -2.14. The molecule has 0 aromatic rings. The molecule has 7 nitrogen and oxygen atoms in total. The van der Waals surface area contributed by atoms with E-state index in [4.69, 9.17) is 0 Å². The monoisotopic (exact) mass is 318 g/mol. The van der Waals surface area contributed by atoms with E-state index < -0.39 is 9.84 Å². The largest absolute Gasteiger partial charge is 0.357 e. The van der Waals surface area contributed by atoms with Crippen molar-refractivity contribution in [2.24, 2.45) is 4.99 Å². The van der Waals surface area contributed by atoms with Crippen LogP contribution in [-0.2, 0) is 14.6 Å². The zero-order valence-corrected chi connectivity index (χ0v) is 13.8. The van der Waals surface area contributed by atoms with Crippen molar-refractivity contribution in [3.63, 3.8) is 0 Å². The number of nitrogens with one attached hydrogen (secondary N) is 3. The molecule has 0 spiro atoms. The summed E-state index contributed by atoms with van der Waals surface area (Å²) in [4.78, 5) is 16.1. The van der Waals surface area contributed by atoms with Crippen molar-refractivity contribution in [2.45, 2.75) is 45.7 Å². The zero-order valence-electron chi connectivity index (χ0n) is 13.0. The van der Waals surface area contributed by atoms with Gasteiger partial charge in [0, 0.05) is 25.0 Å². The van der Waals surface area contributed by atoms with Gasteiger partial charge in [0.1, 0.15) is 0 Å². The molecule has 1 fully saturated rings. The summed E-state index contributed by atoms with van der Waals surface area (Å²) in [6.45, 7) is 7.13. The van der Waals surface area contributed by atoms with Gasteiger partial charge in [-0.15, -0.1) is 0 Å². The average Bonchev–Trinajstić information content (AvgIpc) is 2.68. The molecule has 1 aliphatic heterocycles. The lowest BCUT2D eigenvalue weighted by atomic mass is 10.2. The maximum atomic E-state index is 11.8. The van der Waals surface area contributed by atoms with Crippen molar-refractivity contribution in [3.05, 3.63) is 0 Å². The quantitative estimate of drug-likeness (QED) is 0.459. The predicted molar refractivity (Wildman–Crippen MR) is 84.1 cm³/mol. The minimum absolute atomic E-state index is 0.0551. The highest BCUT2D eigenvalue weighted by Crippen LogP contribution is 2.11. The number of carbonyl (C=O) groups excluding carboxylic acids is 1. The lowest BCUT2D eigenvalue weighted by Crippen LogP contribution is -2.41. The fourth-order valence-electron chi connectivity index (χ4n) is 2.07. The second-order valence-corrected chi connectivity index (χ2v) is 7.71. The highest BCUT2D eigenvalue weighted by molar-refractivity contribution is 7.91. The van der Waals surface area contributed by atoms with Gasteiger partial charge in [0.2, 0.25) is 5.91 Å². The Hall–Kier alpha value is -1.31. The van der Waals surface area contributed by atoms with Crippen LogP contribution in [0, 0.1) is 0 Å². The van der Waals surface area contributed by atoms with Gasteiger partial charge in [0.15, 0.2) is 15.8 Å². The fraction of sp³-hybridized carbons (Fsp3) is 0.846. The lowest BCUT2D eigenvalue weighted by molar-refractivity contribution is -0.121. The smallest absolute Gasteiger partial charge is 0.222 e. The van der Waals surface area contributed by atoms with Crippen LogP contribution in [0.25, 0.3) is 0 Å². The second kappa shape index (κ2) is 8.21. The van der Waals surface area contributed by atoms with Crippen molar-refractivity contribution >= 4 is 21.7 Å². The molecule has 21 heavy (non-hydrogen) atoms. The number of sulfone groups is 1. The van der Waals surface area contributed by atoms with Crippen LogP contribution < -0.4 is 16.0 Å².